The molecular formula is C15H18ClN3S. The summed E-state index contributed by atoms with van der Waals surface area (Å²) >= 11 is 7.75. The number of benzene rings is 1. The molecular weight excluding hydrogens is 290 g/mol. The van der Waals surface area contributed by atoms with Gasteiger partial charge in [0.25, 0.3) is 0 Å². The zero-order chi connectivity index (χ0) is 14.5. The Kier molecular flexibility index (Phi) is 5.26. The summed E-state index contributed by atoms with van der Waals surface area (Å²) in [6.45, 7) is 4.15. The van der Waals surface area contributed by atoms with Crippen LogP contribution >= 0.6 is 23.4 Å². The second kappa shape index (κ2) is 6.95. The number of hydrogen-bond donors (Lipinski definition) is 1. The van der Waals surface area contributed by atoms with Gasteiger partial charge in [0.1, 0.15) is 0 Å². The average molecular weight is 308 g/mol. The Hall–Kier alpha value is -1.26. The molecule has 106 valence electrons. The van der Waals surface area contributed by atoms with Gasteiger partial charge in [-0.2, -0.15) is 0 Å². The predicted octanol–water partition coefficient (Wildman–Crippen LogP) is 4.27. The van der Waals surface area contributed by atoms with E-state index in [4.69, 9.17) is 17.3 Å². The first-order chi connectivity index (χ1) is 9.58. The van der Waals surface area contributed by atoms with Gasteiger partial charge >= 0.3 is 0 Å². The van der Waals surface area contributed by atoms with E-state index in [1.165, 1.54) is 0 Å². The van der Waals surface area contributed by atoms with E-state index < -0.39 is 0 Å². The molecule has 1 heterocycles. The number of nitrogen functional groups attached to an aromatic ring is 1. The minimum absolute atomic E-state index is 0.721. The Labute approximate surface area is 129 Å². The maximum atomic E-state index is 6.17. The summed E-state index contributed by atoms with van der Waals surface area (Å²) in [6.07, 6.45) is 2.07. The van der Waals surface area contributed by atoms with Crippen LogP contribution in [0.2, 0.25) is 5.02 Å². The van der Waals surface area contributed by atoms with Crippen molar-refractivity contribution in [2.75, 3.05) is 5.73 Å². The van der Waals surface area contributed by atoms with E-state index in [9.17, 15) is 0 Å². The van der Waals surface area contributed by atoms with Gasteiger partial charge in [-0.25, -0.2) is 9.97 Å². The third-order valence-electron chi connectivity index (χ3n) is 2.82. The standard InChI is InChI=1S/C15H18ClN3S/c1-3-4-13-7-10(2)18-15(19-13)20-9-11-8-12(17)5-6-14(11)16/h5-8H,3-4,9,17H2,1-2H3. The summed E-state index contributed by atoms with van der Waals surface area (Å²) in [5.74, 6) is 0.721. The van der Waals surface area contributed by atoms with E-state index in [-0.39, 0.29) is 0 Å². The van der Waals surface area contributed by atoms with Gasteiger partial charge < -0.3 is 5.73 Å². The van der Waals surface area contributed by atoms with E-state index >= 15 is 0 Å². The van der Waals surface area contributed by atoms with Crippen molar-refractivity contribution in [2.24, 2.45) is 0 Å². The molecule has 0 amide bonds. The van der Waals surface area contributed by atoms with Gasteiger partial charge in [-0.3, -0.25) is 0 Å². The number of aromatic nitrogens is 2. The molecule has 0 saturated carbocycles. The Balaban J connectivity index is 2.12. The highest BCUT2D eigenvalue weighted by molar-refractivity contribution is 7.98. The van der Waals surface area contributed by atoms with Crippen molar-refractivity contribution in [3.63, 3.8) is 0 Å². The van der Waals surface area contributed by atoms with E-state index in [1.54, 1.807) is 17.8 Å². The van der Waals surface area contributed by atoms with Crippen LogP contribution in [0.1, 0.15) is 30.3 Å². The van der Waals surface area contributed by atoms with Crippen molar-refractivity contribution in [1.82, 2.24) is 9.97 Å². The van der Waals surface area contributed by atoms with Gasteiger partial charge in [-0.15, -0.1) is 0 Å². The lowest BCUT2D eigenvalue weighted by Crippen LogP contribution is -1.97. The van der Waals surface area contributed by atoms with Crippen LogP contribution in [-0.4, -0.2) is 9.97 Å². The zero-order valence-electron chi connectivity index (χ0n) is 11.7. The lowest BCUT2D eigenvalue weighted by atomic mass is 10.2. The van der Waals surface area contributed by atoms with Crippen LogP contribution in [0.25, 0.3) is 0 Å². The van der Waals surface area contributed by atoms with Crippen LogP contribution in [0, 0.1) is 6.92 Å². The topological polar surface area (TPSA) is 51.8 Å². The smallest absolute Gasteiger partial charge is 0.188 e. The lowest BCUT2D eigenvalue weighted by Gasteiger charge is -2.07. The summed E-state index contributed by atoms with van der Waals surface area (Å²) in [5, 5.41) is 1.53. The minimum Gasteiger partial charge on any atom is -0.399 e. The van der Waals surface area contributed by atoms with Crippen LogP contribution in [0.4, 0.5) is 5.69 Å². The molecule has 0 aliphatic heterocycles. The summed E-state index contributed by atoms with van der Waals surface area (Å²) in [5.41, 5.74) is 9.62. The SMILES string of the molecule is CCCc1cc(C)nc(SCc2cc(N)ccc2Cl)n1. The molecule has 0 atom stereocenters. The van der Waals surface area contributed by atoms with Crippen LogP contribution in [-0.2, 0) is 12.2 Å². The molecule has 2 aromatic rings. The van der Waals surface area contributed by atoms with Crippen molar-refractivity contribution >= 4 is 29.1 Å². The number of nitrogens with two attached hydrogens (primary N) is 1. The van der Waals surface area contributed by atoms with Gasteiger partial charge in [0.05, 0.1) is 0 Å². The molecule has 0 radical (unpaired) electrons. The summed E-state index contributed by atoms with van der Waals surface area (Å²) in [4.78, 5) is 9.03. The number of thioether (sulfide) groups is 1. The highest BCUT2D eigenvalue weighted by Gasteiger charge is 2.06. The quantitative estimate of drug-likeness (QED) is 0.509. The molecule has 1 aromatic carbocycles. The molecule has 2 N–H and O–H groups in total. The summed E-state index contributed by atoms with van der Waals surface area (Å²) in [6, 6.07) is 7.57. The first-order valence-electron chi connectivity index (χ1n) is 6.59. The molecule has 0 bridgehead atoms. The van der Waals surface area contributed by atoms with Crippen molar-refractivity contribution in [2.45, 2.75) is 37.6 Å². The first-order valence-corrected chi connectivity index (χ1v) is 7.96. The number of hydrogen-bond acceptors (Lipinski definition) is 4. The van der Waals surface area contributed by atoms with Gasteiger partial charge in [-0.1, -0.05) is 36.7 Å². The van der Waals surface area contributed by atoms with Crippen molar-refractivity contribution in [1.29, 1.82) is 0 Å². The van der Waals surface area contributed by atoms with Crippen LogP contribution in [0.15, 0.2) is 29.4 Å². The second-order valence-electron chi connectivity index (χ2n) is 4.67. The van der Waals surface area contributed by atoms with E-state index in [0.29, 0.717) is 0 Å². The number of anilines is 1. The van der Waals surface area contributed by atoms with Crippen LogP contribution in [0.3, 0.4) is 0 Å². The zero-order valence-corrected chi connectivity index (χ0v) is 13.3. The molecule has 2 rings (SSSR count). The highest BCUT2D eigenvalue weighted by atomic mass is 35.5. The first kappa shape index (κ1) is 15.1. The molecule has 3 nitrogen and oxygen atoms in total. The minimum atomic E-state index is 0.721. The molecule has 1 aromatic heterocycles. The maximum Gasteiger partial charge on any atom is 0.188 e. The monoisotopic (exact) mass is 307 g/mol. The Bertz CT molecular complexity index is 602. The van der Waals surface area contributed by atoms with E-state index in [2.05, 4.69) is 16.9 Å². The van der Waals surface area contributed by atoms with Gasteiger partial charge in [0.15, 0.2) is 5.16 Å². The van der Waals surface area contributed by atoms with Crippen LogP contribution < -0.4 is 5.73 Å². The summed E-state index contributed by atoms with van der Waals surface area (Å²) < 4.78 is 0. The Morgan fingerprint density at radius 3 is 2.80 bits per heavy atom. The highest BCUT2D eigenvalue weighted by Crippen LogP contribution is 2.26. The number of nitrogens with zero attached hydrogens (tertiary/aromatic N) is 2. The molecule has 0 saturated heterocycles. The molecule has 20 heavy (non-hydrogen) atoms. The third kappa shape index (κ3) is 4.12. The second-order valence-corrected chi connectivity index (χ2v) is 6.02. The molecule has 0 spiro atoms. The third-order valence-corrected chi connectivity index (χ3v) is 4.08. The van der Waals surface area contributed by atoms with E-state index in [1.807, 2.05) is 25.1 Å². The van der Waals surface area contributed by atoms with Gasteiger partial charge in [0.2, 0.25) is 0 Å². The van der Waals surface area contributed by atoms with Crippen molar-refractivity contribution < 1.29 is 0 Å². The van der Waals surface area contributed by atoms with Gasteiger partial charge in [-0.05, 0) is 43.2 Å². The number of aryl methyl sites for hydroxylation is 2. The summed E-state index contributed by atoms with van der Waals surface area (Å²) in [7, 11) is 0. The van der Waals surface area contributed by atoms with Crippen LogP contribution in [0.5, 0.6) is 0 Å². The fourth-order valence-corrected chi connectivity index (χ4v) is 3.08. The Morgan fingerprint density at radius 1 is 1.25 bits per heavy atom. The largest absolute Gasteiger partial charge is 0.399 e. The molecule has 0 aliphatic rings. The number of halogens is 1. The number of rotatable bonds is 5. The molecule has 0 unspecified atom stereocenters. The fourth-order valence-electron chi connectivity index (χ4n) is 1.90. The van der Waals surface area contributed by atoms with Crippen molar-refractivity contribution in [3.05, 3.63) is 46.2 Å². The average Bonchev–Trinajstić information content (AvgIpc) is 2.40. The predicted molar refractivity (Wildman–Crippen MR) is 86.2 cm³/mol. The molecule has 0 fully saturated rings. The van der Waals surface area contributed by atoms with Crippen molar-refractivity contribution in [3.8, 4) is 0 Å². The lowest BCUT2D eigenvalue weighted by molar-refractivity contribution is 0.815. The Morgan fingerprint density at radius 2 is 2.05 bits per heavy atom. The van der Waals surface area contributed by atoms with E-state index in [0.717, 1.165) is 51.4 Å². The molecule has 5 heteroatoms. The van der Waals surface area contributed by atoms with Gasteiger partial charge in [0, 0.05) is 27.9 Å². The molecule has 0 aliphatic carbocycles. The fraction of sp³-hybridized carbons (Fsp3) is 0.333. The maximum absolute atomic E-state index is 6.17. The normalized spacial score (nSPS) is 10.8.